The number of benzene rings is 3. The fraction of sp³-hybridized carbons (Fsp3) is 0.160. The normalized spacial score (nSPS) is 12.4. The molecular weight excluding hydrogens is 408 g/mol. The van der Waals surface area contributed by atoms with E-state index in [0.29, 0.717) is 41.4 Å². The largest absolute Gasteiger partial charge is 0.493 e. The highest BCUT2D eigenvalue weighted by molar-refractivity contribution is 5.95. The Morgan fingerprint density at radius 1 is 0.938 bits per heavy atom. The van der Waals surface area contributed by atoms with Gasteiger partial charge in [-0.25, -0.2) is 10.2 Å². The molecule has 0 fully saturated rings. The second-order valence-electron chi connectivity index (χ2n) is 7.34. The number of methoxy groups -OCH3 is 1. The van der Waals surface area contributed by atoms with Gasteiger partial charge in [-0.05, 0) is 66.1 Å². The second kappa shape index (κ2) is 9.45. The van der Waals surface area contributed by atoms with Crippen molar-refractivity contribution in [2.75, 3.05) is 7.11 Å². The van der Waals surface area contributed by atoms with Crippen molar-refractivity contribution in [1.82, 2.24) is 5.43 Å². The van der Waals surface area contributed by atoms with Crippen LogP contribution in [0.15, 0.2) is 65.8 Å². The van der Waals surface area contributed by atoms with E-state index < -0.39 is 5.97 Å². The summed E-state index contributed by atoms with van der Waals surface area (Å²) in [6, 6.07) is 17.6. The first-order valence-corrected chi connectivity index (χ1v) is 10.0. The number of hydrogen-bond acceptors (Lipinski definition) is 6. The van der Waals surface area contributed by atoms with E-state index in [4.69, 9.17) is 14.2 Å². The highest BCUT2D eigenvalue weighted by atomic mass is 16.6. The number of esters is 1. The lowest BCUT2D eigenvalue weighted by molar-refractivity contribution is 0.0729. The molecule has 3 aromatic rings. The van der Waals surface area contributed by atoms with Crippen molar-refractivity contribution in [2.45, 2.75) is 20.1 Å². The van der Waals surface area contributed by atoms with Gasteiger partial charge in [-0.15, -0.1) is 0 Å². The Labute approximate surface area is 185 Å². The molecule has 0 unspecified atom stereocenters. The maximum atomic E-state index is 12.4. The van der Waals surface area contributed by atoms with Gasteiger partial charge in [-0.3, -0.25) is 4.79 Å². The van der Waals surface area contributed by atoms with Gasteiger partial charge in [-0.1, -0.05) is 23.8 Å². The van der Waals surface area contributed by atoms with Gasteiger partial charge in [0.1, 0.15) is 0 Å². The standard InChI is InChI=1S/C25H22N2O5/c1-16-3-6-18(7-4-16)25(29)32-22-10-5-17(11-23(22)30-2)13-26-27-24(28)19-8-9-20-14-31-15-21(20)12-19/h3-13H,14-15H2,1-2H3,(H,27,28). The minimum atomic E-state index is -0.475. The van der Waals surface area contributed by atoms with Crippen molar-refractivity contribution in [3.05, 3.63) is 94.0 Å². The monoisotopic (exact) mass is 430 g/mol. The van der Waals surface area contributed by atoms with Crippen LogP contribution < -0.4 is 14.9 Å². The predicted molar refractivity (Wildman–Crippen MR) is 119 cm³/mol. The number of aryl methyl sites for hydroxylation is 1. The van der Waals surface area contributed by atoms with Gasteiger partial charge in [0.05, 0.1) is 32.1 Å². The molecule has 1 amide bonds. The van der Waals surface area contributed by atoms with E-state index in [1.165, 1.54) is 13.3 Å². The van der Waals surface area contributed by atoms with E-state index in [2.05, 4.69) is 10.5 Å². The van der Waals surface area contributed by atoms with E-state index in [1.807, 2.05) is 31.2 Å². The molecule has 0 radical (unpaired) electrons. The summed E-state index contributed by atoms with van der Waals surface area (Å²) in [4.78, 5) is 24.7. The molecule has 1 aliphatic heterocycles. The van der Waals surface area contributed by atoms with Gasteiger partial charge in [0.2, 0.25) is 0 Å². The lowest BCUT2D eigenvalue weighted by Crippen LogP contribution is -2.17. The van der Waals surface area contributed by atoms with E-state index in [1.54, 1.807) is 36.4 Å². The Morgan fingerprint density at radius 3 is 2.47 bits per heavy atom. The molecule has 0 saturated heterocycles. The van der Waals surface area contributed by atoms with Crippen molar-refractivity contribution < 1.29 is 23.8 Å². The van der Waals surface area contributed by atoms with Crippen LogP contribution in [-0.2, 0) is 18.0 Å². The zero-order valence-corrected chi connectivity index (χ0v) is 17.8. The number of ether oxygens (including phenoxy) is 3. The highest BCUT2D eigenvalue weighted by Crippen LogP contribution is 2.28. The van der Waals surface area contributed by atoms with Gasteiger partial charge < -0.3 is 14.2 Å². The summed E-state index contributed by atoms with van der Waals surface area (Å²) in [6.45, 7) is 3.04. The molecule has 0 bridgehead atoms. The number of carbonyl (C=O) groups excluding carboxylic acids is 2. The summed E-state index contributed by atoms with van der Waals surface area (Å²) < 4.78 is 16.2. The molecule has 0 aromatic heterocycles. The molecule has 162 valence electrons. The molecule has 1 heterocycles. The summed E-state index contributed by atoms with van der Waals surface area (Å²) in [5.41, 5.74) is 7.31. The molecule has 0 atom stereocenters. The minimum absolute atomic E-state index is 0.291. The molecule has 4 rings (SSSR count). The molecule has 1 aliphatic rings. The molecule has 32 heavy (non-hydrogen) atoms. The lowest BCUT2D eigenvalue weighted by Gasteiger charge is -2.10. The van der Waals surface area contributed by atoms with Crippen LogP contribution >= 0.6 is 0 Å². The number of rotatable bonds is 6. The number of hydrogen-bond donors (Lipinski definition) is 1. The van der Waals surface area contributed by atoms with E-state index >= 15 is 0 Å². The summed E-state index contributed by atoms with van der Waals surface area (Å²) in [5, 5.41) is 4.01. The van der Waals surface area contributed by atoms with Gasteiger partial charge >= 0.3 is 5.97 Å². The Hall–Kier alpha value is -3.97. The van der Waals surface area contributed by atoms with Crippen molar-refractivity contribution in [2.24, 2.45) is 5.10 Å². The fourth-order valence-electron chi connectivity index (χ4n) is 3.24. The quantitative estimate of drug-likeness (QED) is 0.276. The van der Waals surface area contributed by atoms with Crippen LogP contribution in [0.25, 0.3) is 0 Å². The molecule has 0 spiro atoms. The van der Waals surface area contributed by atoms with Crippen molar-refractivity contribution in [1.29, 1.82) is 0 Å². The lowest BCUT2D eigenvalue weighted by atomic mass is 10.1. The average Bonchev–Trinajstić information content (AvgIpc) is 3.28. The predicted octanol–water partition coefficient (Wildman–Crippen LogP) is 4.02. The van der Waals surface area contributed by atoms with Crippen LogP contribution in [0.3, 0.4) is 0 Å². The van der Waals surface area contributed by atoms with Crippen molar-refractivity contribution in [3.63, 3.8) is 0 Å². The molecule has 1 N–H and O–H groups in total. The summed E-state index contributed by atoms with van der Waals surface area (Å²) in [5.74, 6) is -0.123. The first-order valence-electron chi connectivity index (χ1n) is 10.0. The van der Waals surface area contributed by atoms with Crippen LogP contribution in [0.4, 0.5) is 0 Å². The third-order valence-corrected chi connectivity index (χ3v) is 5.04. The van der Waals surface area contributed by atoms with Crippen LogP contribution in [0, 0.1) is 6.92 Å². The van der Waals surface area contributed by atoms with Crippen LogP contribution in [0.5, 0.6) is 11.5 Å². The summed E-state index contributed by atoms with van der Waals surface area (Å²) >= 11 is 0. The first-order chi connectivity index (χ1) is 15.5. The number of fused-ring (bicyclic) bond motifs is 1. The zero-order valence-electron chi connectivity index (χ0n) is 17.8. The van der Waals surface area contributed by atoms with Gasteiger partial charge in [0.15, 0.2) is 11.5 Å². The third-order valence-electron chi connectivity index (χ3n) is 5.04. The topological polar surface area (TPSA) is 86.2 Å². The minimum Gasteiger partial charge on any atom is -0.493 e. The van der Waals surface area contributed by atoms with E-state index in [0.717, 1.165) is 16.7 Å². The maximum Gasteiger partial charge on any atom is 0.343 e. The number of nitrogens with one attached hydrogen (secondary N) is 1. The molecule has 7 nitrogen and oxygen atoms in total. The summed E-state index contributed by atoms with van der Waals surface area (Å²) in [6.07, 6.45) is 1.49. The molecule has 3 aromatic carbocycles. The Balaban J connectivity index is 1.41. The fourth-order valence-corrected chi connectivity index (χ4v) is 3.24. The molecular formula is C25H22N2O5. The van der Waals surface area contributed by atoms with E-state index in [9.17, 15) is 9.59 Å². The highest BCUT2D eigenvalue weighted by Gasteiger charge is 2.15. The third kappa shape index (κ3) is 4.84. The van der Waals surface area contributed by atoms with E-state index in [-0.39, 0.29) is 5.91 Å². The Morgan fingerprint density at radius 2 is 1.69 bits per heavy atom. The summed E-state index contributed by atoms with van der Waals surface area (Å²) in [7, 11) is 1.48. The maximum absolute atomic E-state index is 12.4. The first kappa shape index (κ1) is 21.3. The van der Waals surface area contributed by atoms with Gasteiger partial charge in [-0.2, -0.15) is 5.10 Å². The van der Waals surface area contributed by atoms with Crippen LogP contribution in [0.2, 0.25) is 0 Å². The number of carbonyl (C=O) groups is 2. The van der Waals surface area contributed by atoms with Gasteiger partial charge in [0.25, 0.3) is 5.91 Å². The van der Waals surface area contributed by atoms with Crippen molar-refractivity contribution >= 4 is 18.1 Å². The van der Waals surface area contributed by atoms with Crippen LogP contribution in [0.1, 0.15) is 43.0 Å². The van der Waals surface area contributed by atoms with Crippen LogP contribution in [-0.4, -0.2) is 25.2 Å². The molecule has 0 saturated carbocycles. The molecule has 7 heteroatoms. The smallest absolute Gasteiger partial charge is 0.343 e. The molecule has 0 aliphatic carbocycles. The Bertz CT molecular complexity index is 1190. The average molecular weight is 430 g/mol. The Kier molecular flexibility index (Phi) is 6.28. The SMILES string of the molecule is COc1cc(C=NNC(=O)c2ccc3c(c2)COC3)ccc1OC(=O)c1ccc(C)cc1. The van der Waals surface area contributed by atoms with Gasteiger partial charge in [0, 0.05) is 5.56 Å². The number of nitrogens with zero attached hydrogens (tertiary/aromatic N) is 1. The van der Waals surface area contributed by atoms with Crippen molar-refractivity contribution in [3.8, 4) is 11.5 Å². The number of hydrazone groups is 1. The zero-order chi connectivity index (χ0) is 22.5. The second-order valence-corrected chi connectivity index (χ2v) is 7.34. The number of amides is 1.